The number of ether oxygens (including phenoxy) is 1. The zero-order valence-electron chi connectivity index (χ0n) is 13.0. The van der Waals surface area contributed by atoms with Crippen LogP contribution in [0.4, 0.5) is 0 Å². The summed E-state index contributed by atoms with van der Waals surface area (Å²) in [4.78, 5) is 11.6. The summed E-state index contributed by atoms with van der Waals surface area (Å²) in [6.45, 7) is 5.97. The molecule has 2 aliphatic heterocycles. The molecule has 21 heavy (non-hydrogen) atoms. The van der Waals surface area contributed by atoms with Gasteiger partial charge in [-0.2, -0.15) is 5.10 Å². The highest BCUT2D eigenvalue weighted by atomic mass is 16.5. The zero-order valence-corrected chi connectivity index (χ0v) is 13.0. The number of hydrogen-bond acceptors (Lipinski definition) is 3. The summed E-state index contributed by atoms with van der Waals surface area (Å²) in [7, 11) is 0. The molecule has 1 aromatic rings. The molecule has 2 atom stereocenters. The average molecular weight is 291 g/mol. The van der Waals surface area contributed by atoms with Crippen LogP contribution in [0.1, 0.15) is 61.5 Å². The molecule has 1 amide bonds. The first kappa shape index (κ1) is 14.6. The molecule has 0 aromatic carbocycles. The molecule has 2 saturated heterocycles. The van der Waals surface area contributed by atoms with E-state index in [1.165, 1.54) is 24.1 Å². The van der Waals surface area contributed by atoms with Gasteiger partial charge in [0.1, 0.15) is 0 Å². The predicted octanol–water partition coefficient (Wildman–Crippen LogP) is 2.41. The molecule has 0 aliphatic carbocycles. The van der Waals surface area contributed by atoms with Gasteiger partial charge in [-0.1, -0.05) is 0 Å². The number of hydrogen-bond donors (Lipinski definition) is 1. The van der Waals surface area contributed by atoms with E-state index in [1.807, 2.05) is 6.92 Å². The van der Waals surface area contributed by atoms with Gasteiger partial charge in [-0.25, -0.2) is 0 Å². The van der Waals surface area contributed by atoms with E-state index in [0.717, 1.165) is 38.1 Å². The summed E-state index contributed by atoms with van der Waals surface area (Å²) < 4.78 is 7.77. The van der Waals surface area contributed by atoms with Gasteiger partial charge < -0.3 is 10.1 Å². The number of nitrogens with zero attached hydrogens (tertiary/aromatic N) is 2. The summed E-state index contributed by atoms with van der Waals surface area (Å²) in [6.07, 6.45) is 6.42. The van der Waals surface area contributed by atoms with E-state index >= 15 is 0 Å². The molecule has 2 fully saturated rings. The van der Waals surface area contributed by atoms with Crippen molar-refractivity contribution in [3.63, 3.8) is 0 Å². The van der Waals surface area contributed by atoms with E-state index in [1.54, 1.807) is 0 Å². The molecular formula is C16H25N3O2. The van der Waals surface area contributed by atoms with E-state index in [0.29, 0.717) is 12.5 Å². The molecular weight excluding hydrogens is 266 g/mol. The number of aromatic nitrogens is 2. The highest BCUT2D eigenvalue weighted by Crippen LogP contribution is 2.29. The Morgan fingerprint density at radius 1 is 1.33 bits per heavy atom. The van der Waals surface area contributed by atoms with Crippen LogP contribution in [0.5, 0.6) is 0 Å². The number of carbonyl (C=O) groups excluding carboxylic acids is 1. The molecule has 0 radical (unpaired) electrons. The first-order valence-corrected chi connectivity index (χ1v) is 8.10. The van der Waals surface area contributed by atoms with Crippen molar-refractivity contribution in [1.82, 2.24) is 15.1 Å². The van der Waals surface area contributed by atoms with Crippen LogP contribution in [0.2, 0.25) is 0 Å². The average Bonchev–Trinajstić information content (AvgIpc) is 3.05. The van der Waals surface area contributed by atoms with E-state index in [4.69, 9.17) is 4.74 Å². The zero-order chi connectivity index (χ0) is 14.8. The quantitative estimate of drug-likeness (QED) is 0.927. The number of amides is 1. The largest absolute Gasteiger partial charge is 0.378 e. The monoisotopic (exact) mass is 291 g/mol. The minimum Gasteiger partial charge on any atom is -0.378 e. The maximum Gasteiger partial charge on any atom is 0.220 e. The lowest BCUT2D eigenvalue weighted by Crippen LogP contribution is -2.33. The van der Waals surface area contributed by atoms with Crippen LogP contribution in [-0.2, 0) is 16.1 Å². The van der Waals surface area contributed by atoms with Gasteiger partial charge in [-0.3, -0.25) is 9.48 Å². The number of carbonyl (C=O) groups is 1. The Bertz CT molecular complexity index is 518. The Morgan fingerprint density at radius 3 is 2.90 bits per heavy atom. The second-order valence-corrected chi connectivity index (χ2v) is 6.24. The molecule has 0 spiro atoms. The molecule has 3 heterocycles. The first-order valence-electron chi connectivity index (χ1n) is 8.10. The fourth-order valence-electron chi connectivity index (χ4n) is 3.59. The standard InChI is InChI=1S/C16H25N3O2/c1-11-16(14-6-3-7-15(20)17-14)12(2)19(18-11)9-8-13-5-4-10-21-13/h13-14H,3-10H2,1-2H3,(H,17,20)/t13-,14-/m1/s1. The topological polar surface area (TPSA) is 56.2 Å². The van der Waals surface area contributed by atoms with Gasteiger partial charge in [0, 0.05) is 30.8 Å². The molecule has 3 rings (SSSR count). The number of nitrogens with one attached hydrogen (secondary N) is 1. The van der Waals surface area contributed by atoms with Crippen LogP contribution >= 0.6 is 0 Å². The molecule has 2 aliphatic rings. The van der Waals surface area contributed by atoms with Gasteiger partial charge in [0.15, 0.2) is 0 Å². The minimum absolute atomic E-state index is 0.141. The third-order valence-corrected chi connectivity index (χ3v) is 4.70. The third kappa shape index (κ3) is 3.12. The fraction of sp³-hybridized carbons (Fsp3) is 0.750. The Morgan fingerprint density at radius 2 is 2.19 bits per heavy atom. The molecule has 0 unspecified atom stereocenters. The van der Waals surface area contributed by atoms with E-state index < -0.39 is 0 Å². The van der Waals surface area contributed by atoms with Gasteiger partial charge in [0.25, 0.3) is 0 Å². The second kappa shape index (κ2) is 6.18. The molecule has 1 N–H and O–H groups in total. The van der Waals surface area contributed by atoms with Gasteiger partial charge in [-0.15, -0.1) is 0 Å². The lowest BCUT2D eigenvalue weighted by atomic mass is 9.96. The van der Waals surface area contributed by atoms with Crippen molar-refractivity contribution in [2.45, 2.75) is 71.1 Å². The third-order valence-electron chi connectivity index (χ3n) is 4.70. The van der Waals surface area contributed by atoms with Crippen molar-refractivity contribution < 1.29 is 9.53 Å². The molecule has 0 saturated carbocycles. The van der Waals surface area contributed by atoms with Crippen LogP contribution in [0.25, 0.3) is 0 Å². The van der Waals surface area contributed by atoms with Crippen molar-refractivity contribution >= 4 is 5.91 Å². The fourth-order valence-corrected chi connectivity index (χ4v) is 3.59. The lowest BCUT2D eigenvalue weighted by molar-refractivity contribution is -0.123. The second-order valence-electron chi connectivity index (χ2n) is 6.24. The van der Waals surface area contributed by atoms with E-state index in [9.17, 15) is 4.79 Å². The Labute approximate surface area is 126 Å². The molecule has 0 bridgehead atoms. The molecule has 5 nitrogen and oxygen atoms in total. The van der Waals surface area contributed by atoms with Crippen LogP contribution in [-0.4, -0.2) is 28.4 Å². The van der Waals surface area contributed by atoms with Crippen LogP contribution in [0.3, 0.4) is 0 Å². The van der Waals surface area contributed by atoms with E-state index in [-0.39, 0.29) is 11.9 Å². The maximum absolute atomic E-state index is 11.6. The van der Waals surface area contributed by atoms with Gasteiger partial charge in [0.2, 0.25) is 5.91 Å². The highest BCUT2D eigenvalue weighted by molar-refractivity contribution is 5.77. The molecule has 5 heteroatoms. The normalized spacial score (nSPS) is 26.1. The summed E-state index contributed by atoms with van der Waals surface area (Å²) in [5.74, 6) is 0.164. The Kier molecular flexibility index (Phi) is 4.29. The number of aryl methyl sites for hydroxylation is 2. The van der Waals surface area contributed by atoms with Crippen molar-refractivity contribution in [1.29, 1.82) is 0 Å². The maximum atomic E-state index is 11.6. The summed E-state index contributed by atoms with van der Waals surface area (Å²) in [6, 6.07) is 0.141. The van der Waals surface area contributed by atoms with Gasteiger partial charge in [0.05, 0.1) is 17.8 Å². The minimum atomic E-state index is 0.141. The van der Waals surface area contributed by atoms with Crippen LogP contribution in [0, 0.1) is 13.8 Å². The Balaban J connectivity index is 1.71. The van der Waals surface area contributed by atoms with Gasteiger partial charge in [-0.05, 0) is 46.0 Å². The van der Waals surface area contributed by atoms with Crippen molar-refractivity contribution in [3.8, 4) is 0 Å². The molecule has 116 valence electrons. The first-order chi connectivity index (χ1) is 10.1. The van der Waals surface area contributed by atoms with Crippen LogP contribution in [0.15, 0.2) is 0 Å². The summed E-state index contributed by atoms with van der Waals surface area (Å²) >= 11 is 0. The summed E-state index contributed by atoms with van der Waals surface area (Å²) in [5, 5.41) is 7.79. The van der Waals surface area contributed by atoms with Crippen LogP contribution < -0.4 is 5.32 Å². The predicted molar refractivity (Wildman–Crippen MR) is 80.0 cm³/mol. The SMILES string of the molecule is Cc1nn(CC[C@H]2CCCO2)c(C)c1[C@H]1CCCC(=O)N1. The molecule has 1 aromatic heterocycles. The van der Waals surface area contributed by atoms with Gasteiger partial charge >= 0.3 is 0 Å². The smallest absolute Gasteiger partial charge is 0.220 e. The van der Waals surface area contributed by atoms with Crippen molar-refractivity contribution in [2.75, 3.05) is 6.61 Å². The Hall–Kier alpha value is -1.36. The number of rotatable bonds is 4. The van der Waals surface area contributed by atoms with Crippen molar-refractivity contribution in [3.05, 3.63) is 17.0 Å². The lowest BCUT2D eigenvalue weighted by Gasteiger charge is -2.24. The number of piperidine rings is 1. The highest BCUT2D eigenvalue weighted by Gasteiger charge is 2.26. The van der Waals surface area contributed by atoms with E-state index in [2.05, 4.69) is 22.0 Å². The summed E-state index contributed by atoms with van der Waals surface area (Å²) in [5.41, 5.74) is 3.46. The van der Waals surface area contributed by atoms with Crippen molar-refractivity contribution in [2.24, 2.45) is 0 Å².